The molecule has 0 fully saturated rings. The summed E-state index contributed by atoms with van der Waals surface area (Å²) in [7, 11) is 0. The molecule has 430 valence electrons. The van der Waals surface area contributed by atoms with E-state index in [0.29, 0.717) is 22.5 Å². The van der Waals surface area contributed by atoms with Gasteiger partial charge >= 0.3 is 0 Å². The van der Waals surface area contributed by atoms with Gasteiger partial charge in [0.25, 0.3) is 0 Å². The van der Waals surface area contributed by atoms with Crippen LogP contribution < -0.4 is 0 Å². The van der Waals surface area contributed by atoms with Crippen molar-refractivity contribution in [3.8, 4) is 79.4 Å². The van der Waals surface area contributed by atoms with E-state index in [1.54, 1.807) is 0 Å². The zero-order valence-corrected chi connectivity index (χ0v) is 51.1. The lowest BCUT2D eigenvalue weighted by molar-refractivity contribution is 0.661. The van der Waals surface area contributed by atoms with Crippen molar-refractivity contribution in [1.29, 1.82) is 10.5 Å². The van der Waals surface area contributed by atoms with E-state index < -0.39 is 0 Å². The molecule has 4 aromatic heterocycles. The molecule has 0 unspecified atom stereocenters. The molecule has 13 aromatic carbocycles. The summed E-state index contributed by atoms with van der Waals surface area (Å²) in [6, 6.07) is 102. The van der Waals surface area contributed by atoms with E-state index in [2.05, 4.69) is 313 Å². The normalized spacial score (nSPS) is 13.6. The van der Waals surface area contributed by atoms with Gasteiger partial charge in [-0.3, -0.25) is 0 Å². The maximum absolute atomic E-state index is 11.8. The molecule has 0 bridgehead atoms. The average molecular weight is 1170 g/mol. The molecule has 0 spiro atoms. The van der Waals surface area contributed by atoms with E-state index in [-0.39, 0.29) is 10.8 Å². The number of hydrogen-bond acceptors (Lipinski definition) is 2. The van der Waals surface area contributed by atoms with Gasteiger partial charge in [0.2, 0.25) is 0 Å². The molecule has 0 atom stereocenters. The molecule has 0 radical (unpaired) electrons. The molecule has 2 aliphatic rings. The molecule has 2 aliphatic carbocycles. The van der Waals surface area contributed by atoms with Crippen LogP contribution in [0.5, 0.6) is 0 Å². The largest absolute Gasteiger partial charge is 0.309 e. The summed E-state index contributed by atoms with van der Waals surface area (Å²) in [5.41, 5.74) is 26.8. The molecule has 4 heterocycles. The molecule has 19 rings (SSSR count). The van der Waals surface area contributed by atoms with Crippen LogP contribution in [0.2, 0.25) is 0 Å². The summed E-state index contributed by atoms with van der Waals surface area (Å²) >= 11 is 0. The highest BCUT2D eigenvalue weighted by Crippen LogP contribution is 2.54. The van der Waals surface area contributed by atoms with E-state index in [1.807, 2.05) is 12.1 Å². The van der Waals surface area contributed by atoms with Gasteiger partial charge in [-0.1, -0.05) is 173 Å². The monoisotopic (exact) mass is 1170 g/mol. The summed E-state index contributed by atoms with van der Waals surface area (Å²) in [5, 5.41) is 32.6. The van der Waals surface area contributed by atoms with Crippen molar-refractivity contribution in [3.63, 3.8) is 0 Å². The fourth-order valence-electron chi connectivity index (χ4n) is 16.4. The number of nitrogens with zero attached hydrogens (tertiary/aromatic N) is 6. The molecule has 0 saturated heterocycles. The van der Waals surface area contributed by atoms with Crippen LogP contribution in [0, 0.1) is 22.7 Å². The zero-order valence-electron chi connectivity index (χ0n) is 51.1. The number of aromatic nitrogens is 4. The summed E-state index contributed by atoms with van der Waals surface area (Å²) in [4.78, 5) is 0. The second-order valence-electron chi connectivity index (χ2n) is 26.3. The van der Waals surface area contributed by atoms with Gasteiger partial charge in [0.05, 0.1) is 66.6 Å². The third-order valence-corrected chi connectivity index (χ3v) is 20.8. The Morgan fingerprint density at radius 2 is 0.565 bits per heavy atom. The van der Waals surface area contributed by atoms with E-state index >= 15 is 0 Å². The molecular formula is C86H56N6. The van der Waals surface area contributed by atoms with E-state index in [4.69, 9.17) is 0 Å². The number of nitriles is 2. The van der Waals surface area contributed by atoms with E-state index in [1.165, 1.54) is 66.1 Å². The van der Waals surface area contributed by atoms with Crippen molar-refractivity contribution in [2.75, 3.05) is 0 Å². The second-order valence-corrected chi connectivity index (χ2v) is 26.3. The summed E-state index contributed by atoms with van der Waals surface area (Å²) in [6.07, 6.45) is 0. The van der Waals surface area contributed by atoms with Crippen molar-refractivity contribution < 1.29 is 0 Å². The minimum absolute atomic E-state index is 0.289. The molecule has 0 amide bonds. The van der Waals surface area contributed by atoms with E-state index in [0.717, 1.165) is 99.3 Å². The van der Waals surface area contributed by atoms with Crippen molar-refractivity contribution in [1.82, 2.24) is 18.3 Å². The summed E-state index contributed by atoms with van der Waals surface area (Å²) in [5.74, 6) is 0. The molecule has 0 N–H and O–H groups in total. The smallest absolute Gasteiger partial charge is 0.101 e. The Labute approximate surface area is 531 Å². The minimum atomic E-state index is -0.289. The fourth-order valence-corrected chi connectivity index (χ4v) is 16.4. The van der Waals surface area contributed by atoms with Crippen LogP contribution >= 0.6 is 0 Å². The van der Waals surface area contributed by atoms with Gasteiger partial charge in [-0.2, -0.15) is 10.5 Å². The molecule has 17 aromatic rings. The molecule has 92 heavy (non-hydrogen) atoms. The van der Waals surface area contributed by atoms with Gasteiger partial charge in [0, 0.05) is 65.3 Å². The molecule has 6 heteroatoms. The first-order chi connectivity index (χ1) is 45.0. The van der Waals surface area contributed by atoms with Gasteiger partial charge in [-0.15, -0.1) is 0 Å². The maximum Gasteiger partial charge on any atom is 0.101 e. The quantitative estimate of drug-likeness (QED) is 0.166. The molecule has 6 nitrogen and oxygen atoms in total. The second kappa shape index (κ2) is 18.8. The number of hydrogen-bond donors (Lipinski definition) is 0. The van der Waals surface area contributed by atoms with Crippen LogP contribution in [0.4, 0.5) is 0 Å². The lowest BCUT2D eigenvalue weighted by Gasteiger charge is -2.22. The highest BCUT2D eigenvalue weighted by Gasteiger charge is 2.38. The number of fused-ring (bicyclic) bond motifs is 18. The lowest BCUT2D eigenvalue weighted by atomic mass is 9.82. The van der Waals surface area contributed by atoms with E-state index in [9.17, 15) is 10.5 Å². The van der Waals surface area contributed by atoms with Crippen LogP contribution in [0.3, 0.4) is 0 Å². The van der Waals surface area contributed by atoms with Gasteiger partial charge in [0.15, 0.2) is 0 Å². The van der Waals surface area contributed by atoms with Crippen molar-refractivity contribution >= 4 is 87.2 Å². The standard InChI is InChI=1S/C86H56N6/c1-85(2)71-27-15-11-23-59(71)63-45-69-67-41-53(51-31-35-77-65(39-51)61-25-13-17-29-75(61)89(77)57-19-7-5-8-20-57)33-37-79(67)91(83(69)47-73(63)85)81-43-56(50-88)82(44-55(81)49-87)92-80-38-34-54(42-68(80)70-46-64-60-24-12-16-28-72(60)86(3,4)74(64)48-84(70)92)52-32-36-78-66(40-52)62-26-14-18-30-76(62)90(78)58-21-9-6-10-22-58/h5-48H,1-4H3. The van der Waals surface area contributed by atoms with Gasteiger partial charge < -0.3 is 18.3 Å². The van der Waals surface area contributed by atoms with Gasteiger partial charge in [-0.25, -0.2) is 0 Å². The highest BCUT2D eigenvalue weighted by atomic mass is 15.0. The lowest BCUT2D eigenvalue weighted by Crippen LogP contribution is -2.15. The number of para-hydroxylation sites is 4. The third-order valence-electron chi connectivity index (χ3n) is 20.8. The van der Waals surface area contributed by atoms with Crippen LogP contribution in [0.15, 0.2) is 267 Å². The Balaban J connectivity index is 0.824. The van der Waals surface area contributed by atoms with Crippen molar-refractivity contribution in [2.24, 2.45) is 0 Å². The zero-order chi connectivity index (χ0) is 61.5. The van der Waals surface area contributed by atoms with Crippen molar-refractivity contribution in [2.45, 2.75) is 38.5 Å². The SMILES string of the molecule is CC1(C)c2ccccc2-c2cc3c4cc(-c5ccc6c(c5)c5ccccc5n6-c5ccccc5)ccc4n(-c4cc(C#N)c(-n5c6ccc(-c7ccc8c(c7)c7ccccc7n8-c7ccccc7)cc6c6cc7c(cc65)C(C)(C)c5ccccc5-7)cc4C#N)c3cc21. The van der Waals surface area contributed by atoms with Crippen LogP contribution in [-0.4, -0.2) is 18.3 Å². The molecule has 0 aliphatic heterocycles. The first-order valence-corrected chi connectivity index (χ1v) is 31.7. The maximum atomic E-state index is 11.8. The topological polar surface area (TPSA) is 67.3 Å². The Kier molecular flexibility index (Phi) is 10.6. The number of rotatable bonds is 6. The van der Waals surface area contributed by atoms with Crippen LogP contribution in [-0.2, 0) is 10.8 Å². The van der Waals surface area contributed by atoms with Crippen LogP contribution in [0.25, 0.3) is 154 Å². The van der Waals surface area contributed by atoms with Crippen molar-refractivity contribution in [3.05, 3.63) is 300 Å². The predicted molar refractivity (Wildman–Crippen MR) is 379 cm³/mol. The summed E-state index contributed by atoms with van der Waals surface area (Å²) < 4.78 is 9.23. The van der Waals surface area contributed by atoms with Crippen LogP contribution in [0.1, 0.15) is 61.1 Å². The highest BCUT2D eigenvalue weighted by molar-refractivity contribution is 6.17. The Bertz CT molecular complexity index is 5820. The third kappa shape index (κ3) is 7.07. The average Bonchev–Trinajstić information content (AvgIpc) is 1.56. The first kappa shape index (κ1) is 52.0. The Morgan fingerprint density at radius 3 is 0.957 bits per heavy atom. The van der Waals surface area contributed by atoms with Gasteiger partial charge in [0.1, 0.15) is 12.1 Å². The number of benzene rings is 13. The summed E-state index contributed by atoms with van der Waals surface area (Å²) in [6.45, 7) is 9.27. The minimum Gasteiger partial charge on any atom is -0.309 e. The first-order valence-electron chi connectivity index (χ1n) is 31.7. The Morgan fingerprint density at radius 1 is 0.250 bits per heavy atom. The molecular weight excluding hydrogens is 1120 g/mol. The van der Waals surface area contributed by atoms with Gasteiger partial charge in [-0.05, 0) is 188 Å². The predicted octanol–water partition coefficient (Wildman–Crippen LogP) is 21.8. The Hall–Kier alpha value is -12.0. The molecule has 0 saturated carbocycles. The fraction of sp³-hybridized carbons (Fsp3) is 0.0698.